The fourth-order valence-corrected chi connectivity index (χ4v) is 4.07. The zero-order valence-corrected chi connectivity index (χ0v) is 21.1. The Kier molecular flexibility index (Phi) is 12.7. The lowest BCUT2D eigenvalue weighted by molar-refractivity contribution is -0.0612. The molecule has 0 N–H and O–H groups in total. The van der Waals surface area contributed by atoms with Gasteiger partial charge in [-0.25, -0.2) is 0 Å². The molecule has 6 nitrogen and oxygen atoms in total. The Bertz CT molecular complexity index is 553. The lowest BCUT2D eigenvalue weighted by Gasteiger charge is -2.21. The summed E-state index contributed by atoms with van der Waals surface area (Å²) in [5.41, 5.74) is 1.85. The van der Waals surface area contributed by atoms with Crippen molar-refractivity contribution in [2.45, 2.75) is 66.0 Å². The van der Waals surface area contributed by atoms with Gasteiger partial charge in [-0.3, -0.25) is 4.98 Å². The van der Waals surface area contributed by atoms with Gasteiger partial charge in [0.25, 0.3) is 0 Å². The quantitative estimate of drug-likeness (QED) is 0.525. The summed E-state index contributed by atoms with van der Waals surface area (Å²) in [5, 5.41) is 0. The van der Waals surface area contributed by atoms with Gasteiger partial charge in [0.05, 0.1) is 76.5 Å². The minimum atomic E-state index is 0.0435. The van der Waals surface area contributed by atoms with Gasteiger partial charge in [0, 0.05) is 3.57 Å². The Labute approximate surface area is 195 Å². The molecule has 1 aromatic heterocycles. The van der Waals surface area contributed by atoms with E-state index >= 15 is 0 Å². The molecular weight excluding hydrogens is 497 g/mol. The fourth-order valence-electron chi connectivity index (χ4n) is 3.35. The number of hydrogen-bond donors (Lipinski definition) is 0. The van der Waals surface area contributed by atoms with Gasteiger partial charge >= 0.3 is 0 Å². The molecule has 1 aliphatic rings. The highest BCUT2D eigenvalue weighted by Gasteiger charge is 2.15. The second-order valence-electron chi connectivity index (χ2n) is 8.66. The first-order valence-electron chi connectivity index (χ1n) is 11.0. The topological polar surface area (TPSA) is 59.0 Å². The third-order valence-corrected chi connectivity index (χ3v) is 5.27. The van der Waals surface area contributed by atoms with Crippen LogP contribution in [0.5, 0.6) is 0 Å². The van der Waals surface area contributed by atoms with Gasteiger partial charge in [0.15, 0.2) is 0 Å². The van der Waals surface area contributed by atoms with E-state index in [-0.39, 0.29) is 12.2 Å². The lowest BCUT2D eigenvalue weighted by atomic mass is 10.1. The van der Waals surface area contributed by atoms with E-state index in [1.54, 1.807) is 0 Å². The molecule has 172 valence electrons. The molecule has 0 unspecified atom stereocenters. The van der Waals surface area contributed by atoms with Crippen LogP contribution in [0.25, 0.3) is 0 Å². The molecule has 2 bridgehead atoms. The number of fused-ring (bicyclic) bond motifs is 2. The maximum Gasteiger partial charge on any atom is 0.0893 e. The molecule has 0 saturated heterocycles. The standard InChI is InChI=1S/C23H38INO5/c1-17(2)9-22-15-27-7-5-26-6-8-28-16-23(10-18(3)4)30-14-21-12-19(24)11-20(25-21)13-29-22/h11-12,17-18,22-23H,5-10,13-16H2,1-4H3/t22-,23-/m0/s1. The van der Waals surface area contributed by atoms with Crippen LogP contribution in [0.3, 0.4) is 0 Å². The predicted molar refractivity (Wildman–Crippen MR) is 125 cm³/mol. The first kappa shape index (κ1) is 25.9. The normalized spacial score (nSPS) is 23.3. The van der Waals surface area contributed by atoms with Crippen LogP contribution in [0, 0.1) is 15.4 Å². The molecule has 0 aliphatic carbocycles. The van der Waals surface area contributed by atoms with Crippen LogP contribution in [0.1, 0.15) is 51.9 Å². The molecule has 2 rings (SSSR count). The van der Waals surface area contributed by atoms with E-state index in [1.165, 1.54) is 0 Å². The van der Waals surface area contributed by atoms with Gasteiger partial charge in [-0.2, -0.15) is 0 Å². The monoisotopic (exact) mass is 535 g/mol. The molecule has 0 spiro atoms. The molecule has 30 heavy (non-hydrogen) atoms. The van der Waals surface area contributed by atoms with Gasteiger partial charge in [0.2, 0.25) is 0 Å². The van der Waals surface area contributed by atoms with E-state index in [0.717, 1.165) is 27.8 Å². The van der Waals surface area contributed by atoms with E-state index in [2.05, 4.69) is 62.4 Å². The molecule has 0 fully saturated rings. The zero-order valence-electron chi connectivity index (χ0n) is 18.9. The molecule has 7 heteroatoms. The molecule has 2 heterocycles. The Balaban J connectivity index is 2.07. The Hall–Kier alpha value is -0.320. The predicted octanol–water partition coefficient (Wildman–Crippen LogP) is 4.61. The Morgan fingerprint density at radius 1 is 0.800 bits per heavy atom. The van der Waals surface area contributed by atoms with E-state index in [0.29, 0.717) is 64.7 Å². The number of nitrogens with zero attached hydrogens (tertiary/aromatic N) is 1. The van der Waals surface area contributed by atoms with Crippen molar-refractivity contribution in [1.82, 2.24) is 4.98 Å². The average molecular weight is 535 g/mol. The lowest BCUT2D eigenvalue weighted by Crippen LogP contribution is -2.25. The zero-order chi connectivity index (χ0) is 21.8. The molecule has 2 atom stereocenters. The summed E-state index contributed by atoms with van der Waals surface area (Å²) in [6, 6.07) is 4.14. The van der Waals surface area contributed by atoms with Crippen molar-refractivity contribution in [3.63, 3.8) is 0 Å². The van der Waals surface area contributed by atoms with Gasteiger partial charge in [-0.15, -0.1) is 0 Å². The van der Waals surface area contributed by atoms with E-state index in [1.807, 2.05) is 0 Å². The summed E-state index contributed by atoms with van der Waals surface area (Å²) >= 11 is 2.33. The maximum absolute atomic E-state index is 6.17. The average Bonchev–Trinajstić information content (AvgIpc) is 2.66. The number of ether oxygens (including phenoxy) is 5. The first-order chi connectivity index (χ1) is 14.4. The molecular formula is C23H38INO5. The van der Waals surface area contributed by atoms with Crippen molar-refractivity contribution in [3.05, 3.63) is 27.1 Å². The third-order valence-electron chi connectivity index (χ3n) is 4.65. The van der Waals surface area contributed by atoms with Crippen LogP contribution in [-0.4, -0.2) is 56.8 Å². The minimum Gasteiger partial charge on any atom is -0.377 e. The fraction of sp³-hybridized carbons (Fsp3) is 0.783. The van der Waals surface area contributed by atoms with Crippen molar-refractivity contribution in [1.29, 1.82) is 0 Å². The van der Waals surface area contributed by atoms with Gasteiger partial charge in [-0.1, -0.05) is 27.7 Å². The van der Waals surface area contributed by atoms with Crippen LogP contribution < -0.4 is 0 Å². The summed E-state index contributed by atoms with van der Waals surface area (Å²) < 4.78 is 30.7. The molecule has 0 amide bonds. The van der Waals surface area contributed by atoms with Crippen molar-refractivity contribution < 1.29 is 23.7 Å². The van der Waals surface area contributed by atoms with Gasteiger partial charge in [0.1, 0.15) is 0 Å². The Morgan fingerprint density at radius 2 is 1.23 bits per heavy atom. The molecule has 0 radical (unpaired) electrons. The highest BCUT2D eigenvalue weighted by atomic mass is 127. The van der Waals surface area contributed by atoms with Gasteiger partial charge in [-0.05, 0) is 59.4 Å². The summed E-state index contributed by atoms with van der Waals surface area (Å²) in [4.78, 5) is 4.77. The maximum atomic E-state index is 6.17. The molecule has 0 saturated carbocycles. The summed E-state index contributed by atoms with van der Waals surface area (Å²) in [6.07, 6.45) is 1.99. The summed E-state index contributed by atoms with van der Waals surface area (Å²) in [7, 11) is 0. The highest BCUT2D eigenvalue weighted by Crippen LogP contribution is 2.16. The van der Waals surface area contributed by atoms with Crippen molar-refractivity contribution in [3.8, 4) is 0 Å². The van der Waals surface area contributed by atoms with E-state index in [4.69, 9.17) is 28.7 Å². The smallest absolute Gasteiger partial charge is 0.0893 e. The van der Waals surface area contributed by atoms with Crippen LogP contribution in [0.15, 0.2) is 12.1 Å². The number of aromatic nitrogens is 1. The van der Waals surface area contributed by atoms with Gasteiger partial charge < -0.3 is 23.7 Å². The van der Waals surface area contributed by atoms with Crippen molar-refractivity contribution in [2.75, 3.05) is 39.6 Å². The van der Waals surface area contributed by atoms with Crippen molar-refractivity contribution in [2.24, 2.45) is 11.8 Å². The number of pyridine rings is 1. The van der Waals surface area contributed by atoms with Crippen LogP contribution in [0.4, 0.5) is 0 Å². The molecule has 1 aromatic rings. The van der Waals surface area contributed by atoms with Crippen LogP contribution >= 0.6 is 22.6 Å². The molecule has 1 aliphatic heterocycles. The minimum absolute atomic E-state index is 0.0435. The largest absolute Gasteiger partial charge is 0.377 e. The summed E-state index contributed by atoms with van der Waals surface area (Å²) in [6.45, 7) is 13.1. The SMILES string of the molecule is CC(C)C[C@H]1COCCOCCOC[C@H](CC(C)C)OCc2cc(I)cc(n2)CO1. The second kappa shape index (κ2) is 14.7. The number of halogens is 1. The summed E-state index contributed by atoms with van der Waals surface area (Å²) in [5.74, 6) is 1.08. The third kappa shape index (κ3) is 11.3. The molecule has 0 aromatic carbocycles. The highest BCUT2D eigenvalue weighted by molar-refractivity contribution is 14.1. The Morgan fingerprint density at radius 3 is 1.67 bits per heavy atom. The van der Waals surface area contributed by atoms with Crippen LogP contribution in [-0.2, 0) is 36.9 Å². The van der Waals surface area contributed by atoms with E-state index < -0.39 is 0 Å². The number of hydrogen-bond acceptors (Lipinski definition) is 6. The first-order valence-corrected chi connectivity index (χ1v) is 12.1. The second-order valence-corrected chi connectivity index (χ2v) is 9.90. The number of rotatable bonds is 4. The van der Waals surface area contributed by atoms with E-state index in [9.17, 15) is 0 Å². The van der Waals surface area contributed by atoms with Crippen LogP contribution in [0.2, 0.25) is 0 Å². The van der Waals surface area contributed by atoms with Crippen molar-refractivity contribution >= 4 is 22.6 Å².